The zero-order valence-electron chi connectivity index (χ0n) is 9.24. The molecule has 1 rings (SSSR count). The van der Waals surface area contributed by atoms with Gasteiger partial charge >= 0.3 is 0 Å². The van der Waals surface area contributed by atoms with Gasteiger partial charge in [0.05, 0.1) is 13.2 Å². The molecule has 0 aliphatic heterocycles. The highest BCUT2D eigenvalue weighted by molar-refractivity contribution is 7.12. The van der Waals surface area contributed by atoms with Gasteiger partial charge in [-0.3, -0.25) is 0 Å². The zero-order chi connectivity index (χ0) is 11.6. The Morgan fingerprint density at radius 2 is 2.38 bits per heavy atom. The molecule has 0 aliphatic carbocycles. The minimum Gasteiger partial charge on any atom is -0.380 e. The first kappa shape index (κ1) is 12.9. The van der Waals surface area contributed by atoms with Gasteiger partial charge in [-0.25, -0.2) is 0 Å². The number of ether oxygens (including phenoxy) is 1. The Morgan fingerprint density at radius 3 is 3.06 bits per heavy atom. The molecule has 0 aromatic carbocycles. The van der Waals surface area contributed by atoms with Crippen LogP contribution in [0.15, 0.2) is 24.8 Å². The lowest BCUT2D eigenvalue weighted by Crippen LogP contribution is -2.18. The first-order chi connectivity index (χ1) is 7.86. The van der Waals surface area contributed by atoms with E-state index in [2.05, 4.69) is 18.0 Å². The van der Waals surface area contributed by atoms with Gasteiger partial charge in [0.25, 0.3) is 0 Å². The standard InChI is InChI=1S/C12H16N2OS/c1-2-3-7-15-8-6-14-10-12-5-4-11(9-13)16-12/h2,4-5,14H,1,3,6-8,10H2. The van der Waals surface area contributed by atoms with E-state index in [1.54, 1.807) is 0 Å². The summed E-state index contributed by atoms with van der Waals surface area (Å²) in [6.45, 7) is 6.71. The predicted molar refractivity (Wildman–Crippen MR) is 66.4 cm³/mol. The van der Waals surface area contributed by atoms with Gasteiger partial charge in [-0.1, -0.05) is 6.08 Å². The van der Waals surface area contributed by atoms with Crippen molar-refractivity contribution in [2.24, 2.45) is 0 Å². The highest BCUT2D eigenvalue weighted by Crippen LogP contribution is 2.14. The molecule has 0 amide bonds. The molecule has 0 spiro atoms. The van der Waals surface area contributed by atoms with Crippen LogP contribution in [0, 0.1) is 11.3 Å². The van der Waals surface area contributed by atoms with Gasteiger partial charge in [0, 0.05) is 18.0 Å². The number of hydrogen-bond donors (Lipinski definition) is 1. The Labute approximate surface area is 100 Å². The van der Waals surface area contributed by atoms with E-state index in [9.17, 15) is 0 Å². The maximum Gasteiger partial charge on any atom is 0.110 e. The average Bonchev–Trinajstić information content (AvgIpc) is 2.76. The van der Waals surface area contributed by atoms with Crippen molar-refractivity contribution in [3.8, 4) is 6.07 Å². The molecule has 1 aromatic heterocycles. The second-order valence-electron chi connectivity index (χ2n) is 3.24. The average molecular weight is 236 g/mol. The quantitative estimate of drug-likeness (QED) is 0.556. The molecule has 4 heteroatoms. The van der Waals surface area contributed by atoms with Crippen LogP contribution in [-0.2, 0) is 11.3 Å². The first-order valence-corrected chi connectivity index (χ1v) is 6.06. The summed E-state index contributed by atoms with van der Waals surface area (Å²) in [6.07, 6.45) is 2.75. The molecule has 86 valence electrons. The Hall–Kier alpha value is -1.15. The van der Waals surface area contributed by atoms with E-state index in [0.29, 0.717) is 6.61 Å². The van der Waals surface area contributed by atoms with Gasteiger partial charge in [0.2, 0.25) is 0 Å². The molecule has 3 nitrogen and oxygen atoms in total. The predicted octanol–water partition coefficient (Wildman–Crippen LogP) is 2.30. The van der Waals surface area contributed by atoms with Crippen LogP contribution in [0.5, 0.6) is 0 Å². The van der Waals surface area contributed by atoms with Gasteiger partial charge in [0.1, 0.15) is 10.9 Å². The Morgan fingerprint density at radius 1 is 1.50 bits per heavy atom. The molecule has 1 aromatic rings. The van der Waals surface area contributed by atoms with E-state index in [1.165, 1.54) is 16.2 Å². The van der Waals surface area contributed by atoms with Crippen LogP contribution in [0.3, 0.4) is 0 Å². The Bertz CT molecular complexity index is 354. The molecule has 16 heavy (non-hydrogen) atoms. The lowest BCUT2D eigenvalue weighted by molar-refractivity contribution is 0.140. The lowest BCUT2D eigenvalue weighted by atomic mass is 10.4. The summed E-state index contributed by atoms with van der Waals surface area (Å²) >= 11 is 1.53. The van der Waals surface area contributed by atoms with Gasteiger partial charge < -0.3 is 10.1 Å². The number of nitrogens with one attached hydrogen (secondary N) is 1. The molecule has 0 atom stereocenters. The number of hydrogen-bond acceptors (Lipinski definition) is 4. The molecule has 0 aliphatic rings. The Kier molecular flexibility index (Phi) is 6.50. The van der Waals surface area contributed by atoms with Crippen molar-refractivity contribution in [2.75, 3.05) is 19.8 Å². The monoisotopic (exact) mass is 236 g/mol. The van der Waals surface area contributed by atoms with Crippen molar-refractivity contribution < 1.29 is 4.74 Å². The second-order valence-corrected chi connectivity index (χ2v) is 4.41. The third-order valence-corrected chi connectivity index (χ3v) is 2.95. The van der Waals surface area contributed by atoms with Crippen LogP contribution in [0.2, 0.25) is 0 Å². The minimum absolute atomic E-state index is 0.713. The summed E-state index contributed by atoms with van der Waals surface area (Å²) in [6, 6.07) is 5.96. The zero-order valence-corrected chi connectivity index (χ0v) is 10.1. The maximum absolute atomic E-state index is 8.65. The van der Waals surface area contributed by atoms with Crippen molar-refractivity contribution in [1.82, 2.24) is 5.32 Å². The fourth-order valence-corrected chi connectivity index (χ4v) is 1.93. The van der Waals surface area contributed by atoms with Gasteiger partial charge in [-0.05, 0) is 18.6 Å². The molecule has 0 fully saturated rings. The van der Waals surface area contributed by atoms with Crippen molar-refractivity contribution in [1.29, 1.82) is 5.26 Å². The summed E-state index contributed by atoms with van der Waals surface area (Å²) in [5.74, 6) is 0. The smallest absolute Gasteiger partial charge is 0.110 e. The molecule has 0 saturated heterocycles. The molecule has 0 bridgehead atoms. The van der Waals surface area contributed by atoms with E-state index in [1.807, 2.05) is 18.2 Å². The van der Waals surface area contributed by atoms with E-state index < -0.39 is 0 Å². The van der Waals surface area contributed by atoms with Crippen LogP contribution in [-0.4, -0.2) is 19.8 Å². The number of thiophene rings is 1. The molecular formula is C12H16N2OS. The van der Waals surface area contributed by atoms with Gasteiger partial charge in [0.15, 0.2) is 0 Å². The molecule has 0 saturated carbocycles. The fraction of sp³-hybridized carbons (Fsp3) is 0.417. The molecule has 1 heterocycles. The Balaban J connectivity index is 2.03. The highest BCUT2D eigenvalue weighted by Gasteiger charge is 1.98. The van der Waals surface area contributed by atoms with E-state index in [-0.39, 0.29) is 0 Å². The maximum atomic E-state index is 8.65. The second kappa shape index (κ2) is 8.05. The van der Waals surface area contributed by atoms with Crippen molar-refractivity contribution in [3.05, 3.63) is 34.5 Å². The van der Waals surface area contributed by atoms with Crippen LogP contribution in [0.1, 0.15) is 16.2 Å². The number of nitrogens with zero attached hydrogens (tertiary/aromatic N) is 1. The van der Waals surface area contributed by atoms with E-state index in [4.69, 9.17) is 10.00 Å². The summed E-state index contributed by atoms with van der Waals surface area (Å²) < 4.78 is 5.36. The molecule has 1 N–H and O–H groups in total. The van der Waals surface area contributed by atoms with Crippen LogP contribution in [0.25, 0.3) is 0 Å². The SMILES string of the molecule is C=CCCOCCNCc1ccc(C#N)s1. The summed E-state index contributed by atoms with van der Waals surface area (Å²) in [7, 11) is 0. The minimum atomic E-state index is 0.713. The molecular weight excluding hydrogens is 220 g/mol. The van der Waals surface area contributed by atoms with Crippen LogP contribution < -0.4 is 5.32 Å². The number of rotatable bonds is 8. The normalized spacial score (nSPS) is 9.94. The molecule has 0 unspecified atom stereocenters. The first-order valence-electron chi connectivity index (χ1n) is 5.25. The third-order valence-electron chi connectivity index (χ3n) is 1.96. The number of nitriles is 1. The molecule has 0 radical (unpaired) electrons. The van der Waals surface area contributed by atoms with E-state index in [0.717, 1.165) is 31.0 Å². The largest absolute Gasteiger partial charge is 0.380 e. The van der Waals surface area contributed by atoms with E-state index >= 15 is 0 Å². The topological polar surface area (TPSA) is 45.0 Å². The summed E-state index contributed by atoms with van der Waals surface area (Å²) in [5, 5.41) is 11.9. The van der Waals surface area contributed by atoms with Crippen LogP contribution >= 0.6 is 11.3 Å². The van der Waals surface area contributed by atoms with Crippen molar-refractivity contribution >= 4 is 11.3 Å². The van der Waals surface area contributed by atoms with Crippen molar-refractivity contribution in [3.63, 3.8) is 0 Å². The highest BCUT2D eigenvalue weighted by atomic mass is 32.1. The van der Waals surface area contributed by atoms with Crippen LogP contribution in [0.4, 0.5) is 0 Å². The fourth-order valence-electron chi connectivity index (χ4n) is 1.16. The van der Waals surface area contributed by atoms with Gasteiger partial charge in [-0.2, -0.15) is 5.26 Å². The van der Waals surface area contributed by atoms with Gasteiger partial charge in [-0.15, -0.1) is 17.9 Å². The van der Waals surface area contributed by atoms with Crippen molar-refractivity contribution in [2.45, 2.75) is 13.0 Å². The summed E-state index contributed by atoms with van der Waals surface area (Å²) in [4.78, 5) is 1.95. The summed E-state index contributed by atoms with van der Waals surface area (Å²) in [5.41, 5.74) is 0. The lowest BCUT2D eigenvalue weighted by Gasteiger charge is -2.03. The third kappa shape index (κ3) is 5.08.